The molecule has 0 aromatic rings. The van der Waals surface area contributed by atoms with Crippen LogP contribution in [0.1, 0.15) is 0 Å². The minimum absolute atomic E-state index is 0. The van der Waals surface area contributed by atoms with E-state index >= 15 is 0 Å². The number of rotatable bonds is 0. The van der Waals surface area contributed by atoms with Crippen LogP contribution in [-0.2, 0) is 18.7 Å². The molecule has 0 aliphatic rings. The van der Waals surface area contributed by atoms with Crippen LogP contribution in [0.4, 0.5) is 0 Å². The molecule has 0 unspecified atom stereocenters. The van der Waals surface area contributed by atoms with E-state index in [1.165, 1.54) is 0 Å². The normalized spacial score (nSPS) is 7.38. The Kier molecular flexibility index (Phi) is 25.5. The van der Waals surface area contributed by atoms with Crippen LogP contribution in [0.5, 0.6) is 0 Å². The van der Waals surface area contributed by atoms with Crippen molar-refractivity contribution in [3.63, 3.8) is 0 Å². The summed E-state index contributed by atoms with van der Waals surface area (Å²) in [6.45, 7) is 0. The van der Waals surface area contributed by atoms with Crippen molar-refractivity contribution in [2.24, 2.45) is 0 Å². The van der Waals surface area contributed by atoms with Gasteiger partial charge in [0.2, 0.25) is 0 Å². The van der Waals surface area contributed by atoms with Crippen molar-refractivity contribution >= 4 is 0 Å². The van der Waals surface area contributed by atoms with Crippen molar-refractivity contribution in [2.45, 2.75) is 0 Å². The first-order chi connectivity index (χ1) is 2.00. The SMILES string of the molecule is [Li+].[Li+].[Li+].[O]=[V]([O-])([O-])[O-]. The van der Waals surface area contributed by atoms with Crippen molar-refractivity contribution < 1.29 is 87.4 Å². The second-order valence-corrected chi connectivity index (χ2v) is 1.84. The van der Waals surface area contributed by atoms with E-state index in [0.717, 1.165) is 0 Å². The van der Waals surface area contributed by atoms with E-state index < -0.39 is 15.0 Å². The standard InChI is InChI=1S/3Li.4O.V/q3*+1;;3*-1;. The van der Waals surface area contributed by atoms with Crippen LogP contribution in [0.3, 0.4) is 0 Å². The molecule has 0 saturated carbocycles. The molecule has 0 bridgehead atoms. The van der Waals surface area contributed by atoms with Crippen molar-refractivity contribution in [3.8, 4) is 0 Å². The summed E-state index contributed by atoms with van der Waals surface area (Å²) >= 11 is -5.88. The van der Waals surface area contributed by atoms with Gasteiger partial charge in [0.25, 0.3) is 0 Å². The Morgan fingerprint density at radius 2 is 0.875 bits per heavy atom. The maximum atomic E-state index is 8.61. The zero-order valence-electron chi connectivity index (χ0n) is 5.08. The van der Waals surface area contributed by atoms with Crippen LogP contribution >= 0.6 is 0 Å². The summed E-state index contributed by atoms with van der Waals surface area (Å²) in [5.74, 6) is 0. The molecule has 32 valence electrons. The molecule has 0 radical (unpaired) electrons. The molecule has 8 heavy (non-hydrogen) atoms. The van der Waals surface area contributed by atoms with Gasteiger partial charge < -0.3 is 0 Å². The molecule has 0 rings (SSSR count). The first-order valence-corrected chi connectivity index (χ1v) is 3.01. The van der Waals surface area contributed by atoms with Crippen LogP contribution < -0.4 is 68.7 Å². The Morgan fingerprint density at radius 1 is 0.875 bits per heavy atom. The van der Waals surface area contributed by atoms with Crippen molar-refractivity contribution in [2.75, 3.05) is 0 Å². The zero-order chi connectivity index (χ0) is 4.50. The van der Waals surface area contributed by atoms with Gasteiger partial charge in [-0.15, -0.1) is 0 Å². The molecule has 0 aliphatic heterocycles. The van der Waals surface area contributed by atoms with E-state index in [-0.39, 0.29) is 56.6 Å². The minimum atomic E-state index is -5.88. The molecule has 0 spiro atoms. The Bertz CT molecular complexity index is 57.4. The molecule has 0 aromatic heterocycles. The van der Waals surface area contributed by atoms with E-state index in [0.29, 0.717) is 0 Å². The van der Waals surface area contributed by atoms with Crippen LogP contribution in [0.2, 0.25) is 0 Å². The third-order valence-electron chi connectivity index (χ3n) is 0. The molecular weight excluding hydrogens is 136 g/mol. The second-order valence-electron chi connectivity index (χ2n) is 0.447. The van der Waals surface area contributed by atoms with Crippen molar-refractivity contribution in [1.82, 2.24) is 0 Å². The topological polar surface area (TPSA) is 86.2 Å². The fourth-order valence-electron chi connectivity index (χ4n) is 0. The van der Waals surface area contributed by atoms with Crippen LogP contribution in [0, 0.1) is 0 Å². The second kappa shape index (κ2) is 9.06. The van der Waals surface area contributed by atoms with Gasteiger partial charge in [-0.1, -0.05) is 0 Å². The Labute approximate surface area is 86.5 Å². The molecule has 0 N–H and O–H groups in total. The predicted octanol–water partition coefficient (Wildman–Crippen LogP) is -12.7. The molecule has 0 amide bonds. The fourth-order valence-corrected chi connectivity index (χ4v) is 0. The summed E-state index contributed by atoms with van der Waals surface area (Å²) in [4.78, 5) is 0. The molecule has 0 saturated heterocycles. The van der Waals surface area contributed by atoms with Gasteiger partial charge in [-0.3, -0.25) is 0 Å². The average molecular weight is 136 g/mol. The summed E-state index contributed by atoms with van der Waals surface area (Å²) < 4.78 is 34.4. The van der Waals surface area contributed by atoms with Crippen LogP contribution in [-0.4, -0.2) is 0 Å². The monoisotopic (exact) mass is 136 g/mol. The van der Waals surface area contributed by atoms with E-state index in [9.17, 15) is 0 Å². The summed E-state index contributed by atoms with van der Waals surface area (Å²) in [5, 5.41) is 0. The van der Waals surface area contributed by atoms with Gasteiger partial charge in [-0.05, 0) is 0 Å². The van der Waals surface area contributed by atoms with Gasteiger partial charge in [0.05, 0.1) is 0 Å². The van der Waals surface area contributed by atoms with Gasteiger partial charge in [0, 0.05) is 0 Å². The Balaban J connectivity index is -0.0000000267. The van der Waals surface area contributed by atoms with E-state index in [4.69, 9.17) is 15.8 Å². The predicted molar refractivity (Wildman–Crippen MR) is 0.686 cm³/mol. The summed E-state index contributed by atoms with van der Waals surface area (Å²) in [6.07, 6.45) is 0. The molecule has 8 heteroatoms. The summed E-state index contributed by atoms with van der Waals surface area (Å²) in [5.41, 5.74) is 0. The van der Waals surface area contributed by atoms with E-state index in [1.54, 1.807) is 0 Å². The van der Waals surface area contributed by atoms with E-state index in [2.05, 4.69) is 0 Å². The maximum absolute atomic E-state index is 8.61. The molecule has 0 aliphatic carbocycles. The molecule has 4 nitrogen and oxygen atoms in total. The van der Waals surface area contributed by atoms with E-state index in [1.807, 2.05) is 0 Å². The summed E-state index contributed by atoms with van der Waals surface area (Å²) in [7, 11) is 0. The van der Waals surface area contributed by atoms with Crippen molar-refractivity contribution in [3.05, 3.63) is 0 Å². The zero-order valence-corrected chi connectivity index (χ0v) is 6.48. The van der Waals surface area contributed by atoms with Gasteiger partial charge >= 0.3 is 87.4 Å². The van der Waals surface area contributed by atoms with Gasteiger partial charge in [-0.25, -0.2) is 0 Å². The molecule has 0 aromatic carbocycles. The first-order valence-electron chi connectivity index (χ1n) is 0.730. The van der Waals surface area contributed by atoms with Gasteiger partial charge in [0.15, 0.2) is 0 Å². The summed E-state index contributed by atoms with van der Waals surface area (Å²) in [6, 6.07) is 0. The Morgan fingerprint density at radius 3 is 0.875 bits per heavy atom. The average Bonchev–Trinajstić information content (AvgIpc) is 0.722. The number of hydrogen-bond acceptors (Lipinski definition) is 4. The van der Waals surface area contributed by atoms with Crippen molar-refractivity contribution in [1.29, 1.82) is 0 Å². The van der Waals surface area contributed by atoms with Gasteiger partial charge in [-0.2, -0.15) is 0 Å². The third-order valence-corrected chi connectivity index (χ3v) is 0. The van der Waals surface area contributed by atoms with Crippen LogP contribution in [0.25, 0.3) is 0 Å². The molecule has 0 atom stereocenters. The molecule has 0 heterocycles. The van der Waals surface area contributed by atoms with Crippen LogP contribution in [0.15, 0.2) is 0 Å². The molecule has 0 fully saturated rings. The fraction of sp³-hybridized carbons (Fsp3) is 0. The quantitative estimate of drug-likeness (QED) is 0.309. The molecular formula is Li3O4V. The number of hydrogen-bond donors (Lipinski definition) is 0. The Hall–Kier alpha value is 2.06. The first kappa shape index (κ1) is 22.5. The third kappa shape index (κ3) is 94.9. The van der Waals surface area contributed by atoms with Gasteiger partial charge in [0.1, 0.15) is 0 Å².